The van der Waals surface area contributed by atoms with E-state index in [2.05, 4.69) is 11.4 Å². The summed E-state index contributed by atoms with van der Waals surface area (Å²) < 4.78 is 10.2. The molecule has 136 valence electrons. The van der Waals surface area contributed by atoms with Crippen LogP contribution >= 0.6 is 0 Å². The Bertz CT molecular complexity index is 787. The van der Waals surface area contributed by atoms with Crippen molar-refractivity contribution >= 4 is 11.9 Å². The first-order chi connectivity index (χ1) is 12.7. The highest BCUT2D eigenvalue weighted by Crippen LogP contribution is 2.29. The molecule has 3 rings (SSSR count). The highest BCUT2D eigenvalue weighted by atomic mass is 16.5. The molecule has 0 spiro atoms. The second-order valence-electron chi connectivity index (χ2n) is 6.42. The summed E-state index contributed by atoms with van der Waals surface area (Å²) in [4.78, 5) is 24.4. The molecule has 0 saturated heterocycles. The van der Waals surface area contributed by atoms with Crippen molar-refractivity contribution in [3.63, 3.8) is 0 Å². The summed E-state index contributed by atoms with van der Waals surface area (Å²) >= 11 is 0. The molecule has 0 heterocycles. The van der Waals surface area contributed by atoms with Gasteiger partial charge in [0.15, 0.2) is 6.61 Å². The third kappa shape index (κ3) is 4.49. The van der Waals surface area contributed by atoms with Crippen molar-refractivity contribution in [2.24, 2.45) is 0 Å². The lowest BCUT2D eigenvalue weighted by molar-refractivity contribution is -0.125. The molecule has 1 atom stereocenters. The van der Waals surface area contributed by atoms with Gasteiger partial charge in [-0.3, -0.25) is 4.79 Å². The molecule has 0 bridgehead atoms. The Morgan fingerprint density at radius 2 is 2.00 bits per heavy atom. The number of esters is 1. The second-order valence-corrected chi connectivity index (χ2v) is 6.42. The fraction of sp³-hybridized carbons (Fsp3) is 0.333. The molecule has 5 nitrogen and oxygen atoms in total. The molecule has 1 aliphatic carbocycles. The van der Waals surface area contributed by atoms with Crippen molar-refractivity contribution in [2.45, 2.75) is 31.9 Å². The van der Waals surface area contributed by atoms with E-state index in [1.807, 2.05) is 24.3 Å². The molecule has 0 saturated carbocycles. The van der Waals surface area contributed by atoms with Gasteiger partial charge in [-0.15, -0.1) is 0 Å². The number of hydrogen-bond donors (Lipinski definition) is 1. The van der Waals surface area contributed by atoms with E-state index in [1.54, 1.807) is 25.3 Å². The van der Waals surface area contributed by atoms with Crippen molar-refractivity contribution < 1.29 is 19.1 Å². The SMILES string of the molecule is COCc1cccc(C(=O)OCC(=O)N[C@@H]2CCCc3ccccc32)c1. The topological polar surface area (TPSA) is 64.6 Å². The molecule has 1 amide bonds. The minimum Gasteiger partial charge on any atom is -0.452 e. The highest BCUT2D eigenvalue weighted by Gasteiger charge is 2.21. The van der Waals surface area contributed by atoms with Gasteiger partial charge < -0.3 is 14.8 Å². The zero-order valence-corrected chi connectivity index (χ0v) is 14.9. The van der Waals surface area contributed by atoms with Crippen molar-refractivity contribution in [2.75, 3.05) is 13.7 Å². The number of fused-ring (bicyclic) bond motifs is 1. The van der Waals surface area contributed by atoms with Gasteiger partial charge in [-0.05, 0) is 48.1 Å². The first-order valence-electron chi connectivity index (χ1n) is 8.79. The average molecular weight is 353 g/mol. The van der Waals surface area contributed by atoms with Crippen LogP contribution in [0.15, 0.2) is 48.5 Å². The maximum Gasteiger partial charge on any atom is 0.338 e. The van der Waals surface area contributed by atoms with Gasteiger partial charge in [-0.2, -0.15) is 0 Å². The number of rotatable bonds is 6. The van der Waals surface area contributed by atoms with E-state index < -0.39 is 5.97 Å². The number of ether oxygens (including phenoxy) is 2. The minimum absolute atomic E-state index is 0.0174. The largest absolute Gasteiger partial charge is 0.452 e. The van der Waals surface area contributed by atoms with E-state index in [0.717, 1.165) is 30.4 Å². The van der Waals surface area contributed by atoms with Gasteiger partial charge >= 0.3 is 5.97 Å². The van der Waals surface area contributed by atoms with E-state index in [9.17, 15) is 9.59 Å². The zero-order chi connectivity index (χ0) is 18.4. The predicted molar refractivity (Wildman–Crippen MR) is 97.7 cm³/mol. The molecule has 2 aromatic rings. The third-order valence-corrected chi connectivity index (χ3v) is 4.51. The van der Waals surface area contributed by atoms with Crippen molar-refractivity contribution in [3.05, 3.63) is 70.8 Å². The van der Waals surface area contributed by atoms with Gasteiger partial charge in [0.25, 0.3) is 5.91 Å². The summed E-state index contributed by atoms with van der Waals surface area (Å²) in [6.07, 6.45) is 2.97. The van der Waals surface area contributed by atoms with Crippen molar-refractivity contribution in [3.8, 4) is 0 Å². The van der Waals surface area contributed by atoms with Crippen LogP contribution in [0.4, 0.5) is 0 Å². The number of amides is 1. The maximum absolute atomic E-state index is 12.2. The first kappa shape index (κ1) is 18.1. The van der Waals surface area contributed by atoms with Gasteiger partial charge in [-0.25, -0.2) is 4.79 Å². The number of carbonyl (C=O) groups excluding carboxylic acids is 2. The highest BCUT2D eigenvalue weighted by molar-refractivity contribution is 5.91. The van der Waals surface area contributed by atoms with Crippen molar-refractivity contribution in [1.29, 1.82) is 0 Å². The lowest BCUT2D eigenvalue weighted by atomic mass is 9.88. The molecule has 0 fully saturated rings. The minimum atomic E-state index is -0.512. The van der Waals surface area contributed by atoms with Crippen LogP contribution in [0.25, 0.3) is 0 Å². The zero-order valence-electron chi connectivity index (χ0n) is 14.9. The van der Waals surface area contributed by atoms with Gasteiger partial charge in [0, 0.05) is 7.11 Å². The average Bonchev–Trinajstić information content (AvgIpc) is 2.67. The van der Waals surface area contributed by atoms with Gasteiger partial charge in [-0.1, -0.05) is 36.4 Å². The number of benzene rings is 2. The Balaban J connectivity index is 1.55. The summed E-state index contributed by atoms with van der Waals surface area (Å²) in [5, 5.41) is 2.98. The number of aryl methyl sites for hydroxylation is 1. The number of hydrogen-bond acceptors (Lipinski definition) is 4. The molecule has 26 heavy (non-hydrogen) atoms. The summed E-state index contributed by atoms with van der Waals surface area (Å²) in [5.74, 6) is -0.796. The fourth-order valence-electron chi connectivity index (χ4n) is 3.31. The normalized spacial score (nSPS) is 15.8. The van der Waals surface area contributed by atoms with Crippen LogP contribution in [-0.4, -0.2) is 25.6 Å². The molecular formula is C21H23NO4. The molecular weight excluding hydrogens is 330 g/mol. The van der Waals surface area contributed by atoms with E-state index in [4.69, 9.17) is 9.47 Å². The van der Waals surface area contributed by atoms with E-state index in [0.29, 0.717) is 12.2 Å². The van der Waals surface area contributed by atoms with Crippen molar-refractivity contribution in [1.82, 2.24) is 5.32 Å². The van der Waals surface area contributed by atoms with Crippen LogP contribution in [-0.2, 0) is 27.3 Å². The molecule has 5 heteroatoms. The lowest BCUT2D eigenvalue weighted by Gasteiger charge is -2.26. The number of carbonyl (C=O) groups is 2. The maximum atomic E-state index is 12.2. The van der Waals surface area contributed by atoms with Crippen LogP contribution < -0.4 is 5.32 Å². The lowest BCUT2D eigenvalue weighted by Crippen LogP contribution is -2.34. The Morgan fingerprint density at radius 1 is 1.15 bits per heavy atom. The molecule has 0 aliphatic heterocycles. The smallest absolute Gasteiger partial charge is 0.338 e. The second kappa shape index (κ2) is 8.63. The van der Waals surface area contributed by atoms with Gasteiger partial charge in [0.05, 0.1) is 18.2 Å². The molecule has 0 radical (unpaired) electrons. The third-order valence-electron chi connectivity index (χ3n) is 4.51. The van der Waals surface area contributed by atoms with Crippen LogP contribution in [0, 0.1) is 0 Å². The summed E-state index contributed by atoms with van der Waals surface area (Å²) in [5.41, 5.74) is 3.72. The van der Waals surface area contributed by atoms with Crippen LogP contribution in [0.5, 0.6) is 0 Å². The summed E-state index contributed by atoms with van der Waals surface area (Å²) in [6.45, 7) is 0.134. The molecule has 2 aromatic carbocycles. The number of methoxy groups -OCH3 is 1. The van der Waals surface area contributed by atoms with Gasteiger partial charge in [0.1, 0.15) is 0 Å². The van der Waals surface area contributed by atoms with E-state index in [1.165, 1.54) is 5.56 Å². The summed E-state index contributed by atoms with van der Waals surface area (Å²) in [7, 11) is 1.60. The molecule has 0 unspecified atom stereocenters. The van der Waals surface area contributed by atoms with E-state index >= 15 is 0 Å². The predicted octanol–water partition coefficient (Wildman–Crippen LogP) is 3.18. The Morgan fingerprint density at radius 3 is 2.85 bits per heavy atom. The number of nitrogens with one attached hydrogen (secondary N) is 1. The standard InChI is InChI=1S/C21H23NO4/c1-25-13-15-6-4-9-17(12-15)21(24)26-14-20(23)22-19-11-5-8-16-7-2-3-10-18(16)19/h2-4,6-7,9-10,12,19H,5,8,11,13-14H2,1H3,(H,22,23)/t19-/m1/s1. The molecule has 0 aromatic heterocycles. The molecule has 1 N–H and O–H groups in total. The Hall–Kier alpha value is -2.66. The molecule has 1 aliphatic rings. The van der Waals surface area contributed by atoms with Crippen LogP contribution in [0.1, 0.15) is 45.9 Å². The van der Waals surface area contributed by atoms with Crippen LogP contribution in [0.3, 0.4) is 0 Å². The summed E-state index contributed by atoms with van der Waals surface area (Å²) in [6, 6.07) is 15.1. The van der Waals surface area contributed by atoms with E-state index in [-0.39, 0.29) is 18.6 Å². The fourth-order valence-corrected chi connectivity index (χ4v) is 3.31. The van der Waals surface area contributed by atoms with Gasteiger partial charge in [0.2, 0.25) is 0 Å². The monoisotopic (exact) mass is 353 g/mol. The Labute approximate surface area is 153 Å². The quantitative estimate of drug-likeness (QED) is 0.810. The van der Waals surface area contributed by atoms with Crippen LogP contribution in [0.2, 0.25) is 0 Å². The first-order valence-corrected chi connectivity index (χ1v) is 8.79. The Kier molecular flexibility index (Phi) is 6.02.